The zero-order valence-corrected chi connectivity index (χ0v) is 9.87. The topological polar surface area (TPSA) is 48.4 Å². The quantitative estimate of drug-likeness (QED) is 0.917. The van der Waals surface area contributed by atoms with E-state index in [0.717, 1.165) is 0 Å². The van der Waals surface area contributed by atoms with Crippen LogP contribution in [0.4, 0.5) is 4.39 Å². The zero-order valence-electron chi connectivity index (χ0n) is 9.11. The van der Waals surface area contributed by atoms with Crippen molar-refractivity contribution in [3.05, 3.63) is 52.7 Å². The first-order chi connectivity index (χ1) is 8.13. The highest BCUT2D eigenvalue weighted by Gasteiger charge is 2.18. The Morgan fingerprint density at radius 1 is 1.35 bits per heavy atom. The van der Waals surface area contributed by atoms with Crippen molar-refractivity contribution in [1.82, 2.24) is 0 Å². The molecular weight excluding hydrogens is 245 g/mol. The normalized spacial score (nSPS) is 12.5. The summed E-state index contributed by atoms with van der Waals surface area (Å²) in [4.78, 5) is 0. The summed E-state index contributed by atoms with van der Waals surface area (Å²) in [6, 6.07) is 5.46. The Morgan fingerprint density at radius 3 is 2.65 bits per heavy atom. The molecule has 2 aromatic rings. The molecule has 0 aliphatic carbocycles. The summed E-state index contributed by atoms with van der Waals surface area (Å²) in [5.74, 6) is 0.00542. The van der Waals surface area contributed by atoms with Crippen LogP contribution in [0.2, 0.25) is 5.22 Å². The summed E-state index contributed by atoms with van der Waals surface area (Å²) >= 11 is 5.80. The van der Waals surface area contributed by atoms with Crippen molar-refractivity contribution in [2.45, 2.75) is 6.04 Å². The Bertz CT molecular complexity index is 527. The van der Waals surface area contributed by atoms with E-state index in [4.69, 9.17) is 26.5 Å². The highest BCUT2D eigenvalue weighted by molar-refractivity contribution is 6.29. The number of furan rings is 1. The van der Waals surface area contributed by atoms with Crippen LogP contribution in [0, 0.1) is 5.82 Å². The van der Waals surface area contributed by atoms with E-state index < -0.39 is 11.9 Å². The lowest BCUT2D eigenvalue weighted by Gasteiger charge is -2.12. The number of ether oxygens (including phenoxy) is 1. The van der Waals surface area contributed by atoms with Crippen LogP contribution in [0.3, 0.4) is 0 Å². The lowest BCUT2D eigenvalue weighted by molar-refractivity contribution is 0.410. The fourth-order valence-electron chi connectivity index (χ4n) is 1.58. The van der Waals surface area contributed by atoms with Crippen molar-refractivity contribution in [2.75, 3.05) is 7.11 Å². The van der Waals surface area contributed by atoms with Gasteiger partial charge in [-0.05, 0) is 23.7 Å². The third-order valence-corrected chi connectivity index (χ3v) is 2.83. The first-order valence-electron chi connectivity index (χ1n) is 4.95. The molecule has 0 fully saturated rings. The second-order valence-electron chi connectivity index (χ2n) is 3.51. The van der Waals surface area contributed by atoms with Gasteiger partial charge < -0.3 is 14.9 Å². The summed E-state index contributed by atoms with van der Waals surface area (Å²) < 4.78 is 23.6. The maximum Gasteiger partial charge on any atom is 0.198 e. The van der Waals surface area contributed by atoms with Crippen LogP contribution < -0.4 is 10.5 Å². The SMILES string of the molecule is COc1ccc(C(N)c2ccoc2Cl)c(F)c1. The van der Waals surface area contributed by atoms with Crippen molar-refractivity contribution >= 4 is 11.6 Å². The van der Waals surface area contributed by atoms with E-state index in [2.05, 4.69) is 0 Å². The number of nitrogens with two attached hydrogens (primary N) is 1. The summed E-state index contributed by atoms with van der Waals surface area (Å²) in [6.07, 6.45) is 1.42. The minimum atomic E-state index is -0.660. The van der Waals surface area contributed by atoms with Gasteiger partial charge in [0.15, 0.2) is 5.22 Å². The number of hydrogen-bond acceptors (Lipinski definition) is 3. The predicted octanol–water partition coefficient (Wildman–Crippen LogP) is 3.13. The lowest BCUT2D eigenvalue weighted by atomic mass is 10.0. The first-order valence-corrected chi connectivity index (χ1v) is 5.33. The minimum Gasteiger partial charge on any atom is -0.497 e. The molecule has 3 nitrogen and oxygen atoms in total. The molecule has 0 aliphatic heterocycles. The van der Waals surface area contributed by atoms with Crippen LogP contribution in [0.25, 0.3) is 0 Å². The molecule has 0 aliphatic rings. The van der Waals surface area contributed by atoms with Crippen LogP contribution in [-0.2, 0) is 0 Å². The highest BCUT2D eigenvalue weighted by atomic mass is 35.5. The molecule has 1 heterocycles. The Hall–Kier alpha value is -1.52. The molecule has 1 atom stereocenters. The fourth-order valence-corrected chi connectivity index (χ4v) is 1.81. The Labute approximate surface area is 103 Å². The monoisotopic (exact) mass is 255 g/mol. The molecule has 90 valence electrons. The maximum absolute atomic E-state index is 13.8. The van der Waals surface area contributed by atoms with Gasteiger partial charge in [-0.1, -0.05) is 6.07 Å². The molecule has 1 aromatic carbocycles. The van der Waals surface area contributed by atoms with E-state index in [1.807, 2.05) is 0 Å². The summed E-state index contributed by atoms with van der Waals surface area (Å²) in [6.45, 7) is 0. The third kappa shape index (κ3) is 2.28. The van der Waals surface area contributed by atoms with Crippen LogP contribution in [0.15, 0.2) is 34.9 Å². The van der Waals surface area contributed by atoms with Crippen LogP contribution in [0.1, 0.15) is 17.2 Å². The Morgan fingerprint density at radius 2 is 2.12 bits per heavy atom. The molecule has 0 amide bonds. The number of rotatable bonds is 3. The van der Waals surface area contributed by atoms with Gasteiger partial charge in [-0.3, -0.25) is 0 Å². The first kappa shape index (κ1) is 12.0. The second kappa shape index (κ2) is 4.77. The molecule has 2 N–H and O–H groups in total. The Kier molecular flexibility index (Phi) is 3.36. The van der Waals surface area contributed by atoms with Gasteiger partial charge in [0.2, 0.25) is 0 Å². The van der Waals surface area contributed by atoms with Gasteiger partial charge in [0.05, 0.1) is 19.4 Å². The number of benzene rings is 1. The van der Waals surface area contributed by atoms with Crippen molar-refractivity contribution in [1.29, 1.82) is 0 Å². The van der Waals surface area contributed by atoms with Gasteiger partial charge in [-0.15, -0.1) is 0 Å². The van der Waals surface area contributed by atoms with Crippen molar-refractivity contribution in [2.24, 2.45) is 5.73 Å². The second-order valence-corrected chi connectivity index (χ2v) is 3.86. The Balaban J connectivity index is 2.38. The molecule has 2 rings (SSSR count). The van der Waals surface area contributed by atoms with Gasteiger partial charge in [0.25, 0.3) is 0 Å². The van der Waals surface area contributed by atoms with Crippen LogP contribution in [0.5, 0.6) is 5.75 Å². The van der Waals surface area contributed by atoms with E-state index in [-0.39, 0.29) is 5.22 Å². The molecule has 0 spiro atoms. The van der Waals surface area contributed by atoms with E-state index in [1.165, 1.54) is 19.4 Å². The lowest BCUT2D eigenvalue weighted by Crippen LogP contribution is -2.13. The molecule has 5 heteroatoms. The average molecular weight is 256 g/mol. The number of halogens is 2. The van der Waals surface area contributed by atoms with Gasteiger partial charge >= 0.3 is 0 Å². The van der Waals surface area contributed by atoms with Crippen LogP contribution in [-0.4, -0.2) is 7.11 Å². The van der Waals surface area contributed by atoms with Gasteiger partial charge in [0.1, 0.15) is 11.6 Å². The molecule has 1 unspecified atom stereocenters. The summed E-state index contributed by atoms with van der Waals surface area (Å²) in [5, 5.41) is 0.174. The van der Waals surface area contributed by atoms with Gasteiger partial charge in [0, 0.05) is 17.2 Å². The van der Waals surface area contributed by atoms with Crippen molar-refractivity contribution in [3.8, 4) is 5.75 Å². The van der Waals surface area contributed by atoms with Gasteiger partial charge in [-0.25, -0.2) is 4.39 Å². The molecule has 17 heavy (non-hydrogen) atoms. The van der Waals surface area contributed by atoms with E-state index in [9.17, 15) is 4.39 Å². The fraction of sp³-hybridized carbons (Fsp3) is 0.167. The predicted molar refractivity (Wildman–Crippen MR) is 62.7 cm³/mol. The minimum absolute atomic E-state index is 0.174. The average Bonchev–Trinajstić information content (AvgIpc) is 2.74. The summed E-state index contributed by atoms with van der Waals surface area (Å²) in [7, 11) is 1.47. The number of hydrogen-bond donors (Lipinski definition) is 1. The maximum atomic E-state index is 13.8. The number of methoxy groups -OCH3 is 1. The van der Waals surface area contributed by atoms with E-state index in [0.29, 0.717) is 16.9 Å². The standard InChI is InChI=1S/C12H11ClFNO2/c1-16-7-2-3-8(10(14)6-7)11(15)9-4-5-17-12(9)13/h2-6,11H,15H2,1H3. The molecule has 0 bridgehead atoms. The van der Waals surface area contributed by atoms with Crippen LogP contribution >= 0.6 is 11.6 Å². The van der Waals surface area contributed by atoms with Gasteiger partial charge in [-0.2, -0.15) is 0 Å². The molecule has 0 saturated carbocycles. The van der Waals surface area contributed by atoms with Crippen molar-refractivity contribution < 1.29 is 13.5 Å². The molecule has 0 radical (unpaired) electrons. The summed E-state index contributed by atoms with van der Waals surface area (Å²) in [5.41, 5.74) is 6.82. The van der Waals surface area contributed by atoms with E-state index >= 15 is 0 Å². The van der Waals surface area contributed by atoms with Crippen molar-refractivity contribution in [3.63, 3.8) is 0 Å². The molecule has 0 saturated heterocycles. The largest absolute Gasteiger partial charge is 0.497 e. The molecule has 1 aromatic heterocycles. The zero-order chi connectivity index (χ0) is 12.4. The van der Waals surface area contributed by atoms with E-state index in [1.54, 1.807) is 18.2 Å². The third-order valence-electron chi connectivity index (χ3n) is 2.52. The smallest absolute Gasteiger partial charge is 0.198 e. The highest BCUT2D eigenvalue weighted by Crippen LogP contribution is 2.30. The molecular formula is C12H11ClFNO2.